The molecule has 5 nitrogen and oxygen atoms in total. The van der Waals surface area contributed by atoms with Crippen LogP contribution in [0.15, 0.2) is 71.2 Å². The van der Waals surface area contributed by atoms with Crippen LogP contribution in [0.5, 0.6) is 0 Å². The highest BCUT2D eigenvalue weighted by Gasteiger charge is 2.20. The maximum Gasteiger partial charge on any atom is 0.295 e. The van der Waals surface area contributed by atoms with E-state index in [0.29, 0.717) is 5.82 Å². The van der Waals surface area contributed by atoms with Crippen LogP contribution >= 0.6 is 15.9 Å². The molecule has 1 N–H and O–H groups in total. The van der Waals surface area contributed by atoms with E-state index in [4.69, 9.17) is 0 Å². The number of nitrogens with zero attached hydrogens (tertiary/aromatic N) is 3. The van der Waals surface area contributed by atoms with Crippen LogP contribution in [-0.4, -0.2) is 20.7 Å². The Morgan fingerprint density at radius 2 is 1.73 bits per heavy atom. The van der Waals surface area contributed by atoms with Gasteiger partial charge in [0.15, 0.2) is 5.82 Å². The third-order valence-electron chi connectivity index (χ3n) is 4.87. The average Bonchev–Trinajstić information content (AvgIpc) is 3.16. The minimum atomic E-state index is -0.346. The Kier molecular flexibility index (Phi) is 5.50. The van der Waals surface area contributed by atoms with Crippen molar-refractivity contribution in [3.63, 3.8) is 0 Å². The van der Waals surface area contributed by atoms with Gasteiger partial charge in [-0.3, -0.25) is 4.79 Å². The normalized spacial score (nSPS) is 10.8. The van der Waals surface area contributed by atoms with E-state index < -0.39 is 0 Å². The van der Waals surface area contributed by atoms with Crippen molar-refractivity contribution < 1.29 is 4.79 Å². The van der Waals surface area contributed by atoms with Crippen molar-refractivity contribution in [2.24, 2.45) is 0 Å². The van der Waals surface area contributed by atoms with Gasteiger partial charge >= 0.3 is 0 Å². The number of anilines is 1. The van der Waals surface area contributed by atoms with E-state index in [1.165, 1.54) is 0 Å². The van der Waals surface area contributed by atoms with E-state index in [-0.39, 0.29) is 11.7 Å². The van der Waals surface area contributed by atoms with Gasteiger partial charge in [0.05, 0.1) is 5.69 Å². The Morgan fingerprint density at radius 1 is 0.933 bits per heavy atom. The number of hydrogen-bond acceptors (Lipinski definition) is 3. The first-order valence-corrected chi connectivity index (χ1v) is 10.4. The number of hydrogen-bond donors (Lipinski definition) is 1. The molecular formula is C24H21BrN4O. The summed E-state index contributed by atoms with van der Waals surface area (Å²) in [4.78, 5) is 17.6. The van der Waals surface area contributed by atoms with Gasteiger partial charge in [-0.1, -0.05) is 57.9 Å². The lowest BCUT2D eigenvalue weighted by Crippen LogP contribution is -2.15. The SMILES string of the molecule is Cc1cccc(-c2nc(C(=O)Nc3ccc(Br)cc3C)nn2-c2ccccc2C)c1. The summed E-state index contributed by atoms with van der Waals surface area (Å²) in [5.74, 6) is 0.407. The number of carbonyl (C=O) groups excluding carboxylic acids is 1. The number of aromatic nitrogens is 3. The molecule has 0 fully saturated rings. The second-order valence-electron chi connectivity index (χ2n) is 7.24. The molecule has 0 radical (unpaired) electrons. The van der Waals surface area contributed by atoms with E-state index >= 15 is 0 Å². The summed E-state index contributed by atoms with van der Waals surface area (Å²) in [7, 11) is 0. The lowest BCUT2D eigenvalue weighted by atomic mass is 10.1. The van der Waals surface area contributed by atoms with Crippen LogP contribution in [-0.2, 0) is 0 Å². The summed E-state index contributed by atoms with van der Waals surface area (Å²) >= 11 is 3.44. The van der Waals surface area contributed by atoms with Gasteiger partial charge in [0, 0.05) is 15.7 Å². The van der Waals surface area contributed by atoms with Crippen LogP contribution < -0.4 is 5.32 Å². The molecule has 6 heteroatoms. The van der Waals surface area contributed by atoms with E-state index in [9.17, 15) is 4.79 Å². The topological polar surface area (TPSA) is 59.8 Å². The Labute approximate surface area is 183 Å². The number of carbonyl (C=O) groups is 1. The van der Waals surface area contributed by atoms with Crippen molar-refractivity contribution in [1.82, 2.24) is 14.8 Å². The molecule has 3 aromatic carbocycles. The van der Waals surface area contributed by atoms with Gasteiger partial charge in [-0.15, -0.1) is 5.10 Å². The molecule has 0 aliphatic carbocycles. The second kappa shape index (κ2) is 8.24. The molecule has 30 heavy (non-hydrogen) atoms. The van der Waals surface area contributed by atoms with Gasteiger partial charge < -0.3 is 5.32 Å². The largest absolute Gasteiger partial charge is 0.319 e. The van der Waals surface area contributed by atoms with E-state index in [1.54, 1.807) is 4.68 Å². The van der Waals surface area contributed by atoms with Crippen molar-refractivity contribution in [3.05, 3.63) is 93.7 Å². The third kappa shape index (κ3) is 4.04. The van der Waals surface area contributed by atoms with E-state index in [0.717, 1.165) is 38.1 Å². The molecular weight excluding hydrogens is 440 g/mol. The van der Waals surface area contributed by atoms with Crippen molar-refractivity contribution in [2.75, 3.05) is 5.32 Å². The lowest BCUT2D eigenvalue weighted by Gasteiger charge is -2.09. The molecule has 1 amide bonds. The summed E-state index contributed by atoms with van der Waals surface area (Å²) < 4.78 is 2.70. The molecule has 0 unspecified atom stereocenters. The highest BCUT2D eigenvalue weighted by Crippen LogP contribution is 2.25. The first-order chi connectivity index (χ1) is 14.4. The smallest absolute Gasteiger partial charge is 0.295 e. The summed E-state index contributed by atoms with van der Waals surface area (Å²) in [5.41, 5.74) is 5.64. The zero-order valence-corrected chi connectivity index (χ0v) is 18.6. The Morgan fingerprint density at radius 3 is 2.47 bits per heavy atom. The van der Waals surface area contributed by atoms with E-state index in [2.05, 4.69) is 31.3 Å². The Balaban J connectivity index is 1.79. The fourth-order valence-corrected chi connectivity index (χ4v) is 3.77. The summed E-state index contributed by atoms with van der Waals surface area (Å²) in [6.45, 7) is 5.99. The molecule has 1 aromatic heterocycles. The molecule has 0 aliphatic rings. The highest BCUT2D eigenvalue weighted by molar-refractivity contribution is 9.10. The molecule has 4 rings (SSSR count). The van der Waals surface area contributed by atoms with Gasteiger partial charge in [-0.25, -0.2) is 9.67 Å². The second-order valence-corrected chi connectivity index (χ2v) is 8.16. The summed E-state index contributed by atoms with van der Waals surface area (Å²) in [6.07, 6.45) is 0. The van der Waals surface area contributed by atoms with Gasteiger partial charge in [0.2, 0.25) is 5.82 Å². The number of amides is 1. The Bertz CT molecular complexity index is 1250. The van der Waals surface area contributed by atoms with Crippen LogP contribution in [0.25, 0.3) is 17.1 Å². The molecule has 1 heterocycles. The molecule has 0 aliphatic heterocycles. The van der Waals surface area contributed by atoms with Crippen molar-refractivity contribution in [3.8, 4) is 17.1 Å². The maximum atomic E-state index is 13.0. The molecule has 0 saturated carbocycles. The number of benzene rings is 3. The van der Waals surface area contributed by atoms with Gasteiger partial charge in [0.25, 0.3) is 5.91 Å². The van der Waals surface area contributed by atoms with Gasteiger partial charge in [-0.2, -0.15) is 0 Å². The minimum absolute atomic E-state index is 0.122. The number of rotatable bonds is 4. The fraction of sp³-hybridized carbons (Fsp3) is 0.125. The third-order valence-corrected chi connectivity index (χ3v) is 5.36. The quantitative estimate of drug-likeness (QED) is 0.413. The van der Waals surface area contributed by atoms with Crippen LogP contribution in [0.1, 0.15) is 27.3 Å². The van der Waals surface area contributed by atoms with Crippen molar-refractivity contribution in [2.45, 2.75) is 20.8 Å². The number of aryl methyl sites for hydroxylation is 3. The highest BCUT2D eigenvalue weighted by atomic mass is 79.9. The maximum absolute atomic E-state index is 13.0. The number of nitrogens with one attached hydrogen (secondary N) is 1. The standard InChI is InChI=1S/C24H21BrN4O/c1-15-7-6-9-18(13-15)23-27-22(28-29(23)21-10-5-4-8-16(21)2)24(30)26-20-12-11-19(25)14-17(20)3/h4-14H,1-3H3,(H,26,30). The van der Waals surface area contributed by atoms with Crippen LogP contribution in [0.2, 0.25) is 0 Å². The van der Waals surface area contributed by atoms with Crippen LogP contribution in [0.4, 0.5) is 5.69 Å². The molecule has 4 aromatic rings. The minimum Gasteiger partial charge on any atom is -0.319 e. The first-order valence-electron chi connectivity index (χ1n) is 9.60. The summed E-state index contributed by atoms with van der Waals surface area (Å²) in [6, 6.07) is 21.7. The molecule has 0 spiro atoms. The van der Waals surface area contributed by atoms with Crippen LogP contribution in [0.3, 0.4) is 0 Å². The van der Waals surface area contributed by atoms with Gasteiger partial charge in [0.1, 0.15) is 0 Å². The number of halogens is 1. The lowest BCUT2D eigenvalue weighted by molar-refractivity contribution is 0.101. The zero-order valence-electron chi connectivity index (χ0n) is 17.0. The summed E-state index contributed by atoms with van der Waals surface area (Å²) in [5, 5.41) is 7.50. The predicted octanol–water partition coefficient (Wildman–Crippen LogP) is 5.87. The average molecular weight is 461 g/mol. The molecule has 0 saturated heterocycles. The molecule has 0 atom stereocenters. The van der Waals surface area contributed by atoms with Crippen molar-refractivity contribution in [1.29, 1.82) is 0 Å². The number of para-hydroxylation sites is 1. The Hall–Kier alpha value is -3.25. The predicted molar refractivity (Wildman–Crippen MR) is 123 cm³/mol. The van der Waals surface area contributed by atoms with Gasteiger partial charge in [-0.05, 0) is 62.2 Å². The van der Waals surface area contributed by atoms with E-state index in [1.807, 2.05) is 87.5 Å². The van der Waals surface area contributed by atoms with Crippen LogP contribution in [0, 0.1) is 20.8 Å². The van der Waals surface area contributed by atoms with Crippen molar-refractivity contribution >= 4 is 27.5 Å². The molecule has 0 bridgehead atoms. The fourth-order valence-electron chi connectivity index (χ4n) is 3.29. The zero-order chi connectivity index (χ0) is 21.3. The first kappa shape index (κ1) is 20.0. The monoisotopic (exact) mass is 460 g/mol. The molecule has 150 valence electrons.